The molecule has 5 rings (SSSR count). The number of Topliss-reactive ketones (excluding diaryl/α,β-unsaturated/α-hetero) is 1. The molecule has 156 valence electrons. The van der Waals surface area contributed by atoms with E-state index in [1.54, 1.807) is 6.92 Å². The molecular formula is C25H26BN3OS. The van der Waals surface area contributed by atoms with Gasteiger partial charge in [-0.1, -0.05) is 35.8 Å². The lowest BCUT2D eigenvalue weighted by molar-refractivity contribution is 0.101. The largest absolute Gasteiger partial charge is 0.347 e. The smallest absolute Gasteiger partial charge is 0.161 e. The highest BCUT2D eigenvalue weighted by atomic mass is 32.1. The number of benzene rings is 2. The predicted octanol–water partition coefficient (Wildman–Crippen LogP) is 4.52. The summed E-state index contributed by atoms with van der Waals surface area (Å²) in [6, 6.07) is 14.3. The lowest BCUT2D eigenvalue weighted by Crippen LogP contribution is -2.34. The SMILES string of the molecule is [B]c1cccc2c(C(C)=O)cn(CCCN3CCC(c4nc5ccccc5s4)CC3)c12. The van der Waals surface area contributed by atoms with Gasteiger partial charge in [-0.15, -0.1) is 11.3 Å². The molecule has 0 amide bonds. The Bertz CT molecular complexity index is 1200. The Hall–Kier alpha value is -2.44. The van der Waals surface area contributed by atoms with Crippen molar-refractivity contribution in [2.24, 2.45) is 0 Å². The minimum atomic E-state index is 0.0891. The molecule has 0 saturated carbocycles. The number of para-hydroxylation sites is 2. The number of hydrogen-bond acceptors (Lipinski definition) is 4. The summed E-state index contributed by atoms with van der Waals surface area (Å²) in [4.78, 5) is 19.5. The highest BCUT2D eigenvalue weighted by molar-refractivity contribution is 7.18. The number of ketones is 1. The zero-order valence-electron chi connectivity index (χ0n) is 17.9. The number of likely N-dealkylation sites (tertiary alicyclic amines) is 1. The Balaban J connectivity index is 1.19. The third kappa shape index (κ3) is 4.07. The molecule has 3 heterocycles. The zero-order chi connectivity index (χ0) is 21.4. The lowest BCUT2D eigenvalue weighted by Gasteiger charge is -2.31. The van der Waals surface area contributed by atoms with Crippen molar-refractivity contribution in [3.8, 4) is 0 Å². The first kappa shape index (κ1) is 20.5. The normalized spacial score (nSPS) is 15.8. The number of rotatable bonds is 6. The molecule has 0 atom stereocenters. The molecule has 1 saturated heterocycles. The van der Waals surface area contributed by atoms with E-state index in [0.29, 0.717) is 5.92 Å². The molecule has 2 aromatic carbocycles. The van der Waals surface area contributed by atoms with Crippen LogP contribution in [0.15, 0.2) is 48.7 Å². The first-order chi connectivity index (χ1) is 15.1. The summed E-state index contributed by atoms with van der Waals surface area (Å²) in [5.74, 6) is 0.672. The fraction of sp³-hybridized carbons (Fsp3) is 0.360. The monoisotopic (exact) mass is 427 g/mol. The Labute approximate surface area is 188 Å². The molecule has 1 fully saturated rings. The molecule has 0 unspecified atom stereocenters. The summed E-state index contributed by atoms with van der Waals surface area (Å²) in [6.45, 7) is 5.80. The number of carbonyl (C=O) groups is 1. The first-order valence-electron chi connectivity index (χ1n) is 11.1. The van der Waals surface area contributed by atoms with E-state index in [2.05, 4.69) is 33.7 Å². The highest BCUT2D eigenvalue weighted by Crippen LogP contribution is 2.33. The van der Waals surface area contributed by atoms with Gasteiger partial charge in [0.05, 0.1) is 15.2 Å². The van der Waals surface area contributed by atoms with E-state index in [9.17, 15) is 4.79 Å². The number of nitrogens with zero attached hydrogens (tertiary/aromatic N) is 3. The van der Waals surface area contributed by atoms with Gasteiger partial charge < -0.3 is 9.47 Å². The van der Waals surface area contributed by atoms with Crippen molar-refractivity contribution in [1.82, 2.24) is 14.5 Å². The maximum atomic E-state index is 12.0. The third-order valence-corrected chi connectivity index (χ3v) is 7.63. The van der Waals surface area contributed by atoms with Crippen LogP contribution in [0.2, 0.25) is 0 Å². The van der Waals surface area contributed by atoms with Crippen molar-refractivity contribution in [3.05, 3.63) is 59.2 Å². The summed E-state index contributed by atoms with van der Waals surface area (Å²) in [5, 5.41) is 2.26. The average molecular weight is 427 g/mol. The maximum absolute atomic E-state index is 12.0. The van der Waals surface area contributed by atoms with E-state index in [0.717, 1.165) is 60.0 Å². The molecule has 0 aliphatic carbocycles. The van der Waals surface area contributed by atoms with Crippen molar-refractivity contribution in [2.45, 2.75) is 38.6 Å². The standard InChI is InChI=1S/C25H26BN3OS/c1-17(30)20-16-29(24-19(20)6-4-7-21(24)26)13-5-12-28-14-10-18(11-15-28)25-27-22-8-2-3-9-23(22)31-25/h2-4,6-9,16,18H,5,10-15H2,1H3. The number of aryl methyl sites for hydroxylation is 1. The second kappa shape index (κ2) is 8.60. The number of aromatic nitrogens is 2. The predicted molar refractivity (Wildman–Crippen MR) is 130 cm³/mol. The second-order valence-corrected chi connectivity index (χ2v) is 9.59. The van der Waals surface area contributed by atoms with Gasteiger partial charge in [0.1, 0.15) is 7.85 Å². The molecule has 0 N–H and O–H groups in total. The van der Waals surface area contributed by atoms with Gasteiger partial charge >= 0.3 is 0 Å². The van der Waals surface area contributed by atoms with Gasteiger partial charge in [0.15, 0.2) is 5.78 Å². The maximum Gasteiger partial charge on any atom is 0.161 e. The van der Waals surface area contributed by atoms with Gasteiger partial charge in [-0.3, -0.25) is 4.79 Å². The van der Waals surface area contributed by atoms with Crippen LogP contribution in [0.25, 0.3) is 21.1 Å². The van der Waals surface area contributed by atoms with Crippen molar-refractivity contribution in [2.75, 3.05) is 19.6 Å². The van der Waals surface area contributed by atoms with Crippen LogP contribution in [0.4, 0.5) is 0 Å². The quantitative estimate of drug-likeness (QED) is 0.336. The van der Waals surface area contributed by atoms with Gasteiger partial charge in [0.25, 0.3) is 0 Å². The van der Waals surface area contributed by atoms with Gasteiger partial charge in [0, 0.05) is 35.1 Å². The zero-order valence-corrected chi connectivity index (χ0v) is 18.7. The number of hydrogen-bond donors (Lipinski definition) is 0. The molecular weight excluding hydrogens is 401 g/mol. The van der Waals surface area contributed by atoms with Gasteiger partial charge in [0.2, 0.25) is 0 Å². The van der Waals surface area contributed by atoms with Crippen LogP contribution in [-0.2, 0) is 6.54 Å². The second-order valence-electron chi connectivity index (χ2n) is 8.53. The molecule has 1 aliphatic rings. The molecule has 6 heteroatoms. The van der Waals surface area contributed by atoms with Crippen molar-refractivity contribution in [1.29, 1.82) is 0 Å². The molecule has 4 aromatic rings. The molecule has 2 radical (unpaired) electrons. The van der Waals surface area contributed by atoms with Crippen molar-refractivity contribution >= 4 is 51.5 Å². The number of piperidine rings is 1. The van der Waals surface area contributed by atoms with E-state index < -0.39 is 0 Å². The minimum Gasteiger partial charge on any atom is -0.347 e. The van der Waals surface area contributed by atoms with Crippen LogP contribution in [0, 0.1) is 0 Å². The van der Waals surface area contributed by atoms with Crippen LogP contribution in [0.1, 0.15) is 47.5 Å². The van der Waals surface area contributed by atoms with Gasteiger partial charge in [-0.2, -0.15) is 0 Å². The van der Waals surface area contributed by atoms with E-state index in [1.165, 1.54) is 22.5 Å². The Morgan fingerprint density at radius 1 is 1.13 bits per heavy atom. The lowest BCUT2D eigenvalue weighted by atomic mass is 9.93. The van der Waals surface area contributed by atoms with Crippen LogP contribution in [0.3, 0.4) is 0 Å². The summed E-state index contributed by atoms with van der Waals surface area (Å²) in [7, 11) is 6.24. The molecule has 4 nitrogen and oxygen atoms in total. The summed E-state index contributed by atoms with van der Waals surface area (Å²) >= 11 is 1.85. The molecule has 1 aliphatic heterocycles. The molecule has 31 heavy (non-hydrogen) atoms. The Morgan fingerprint density at radius 3 is 2.71 bits per heavy atom. The number of thiazole rings is 1. The average Bonchev–Trinajstić information content (AvgIpc) is 3.37. The van der Waals surface area contributed by atoms with Crippen LogP contribution in [0.5, 0.6) is 0 Å². The highest BCUT2D eigenvalue weighted by Gasteiger charge is 2.23. The summed E-state index contributed by atoms with van der Waals surface area (Å²) < 4.78 is 3.46. The summed E-state index contributed by atoms with van der Waals surface area (Å²) in [6.07, 6.45) is 5.37. The van der Waals surface area contributed by atoms with E-state index in [4.69, 9.17) is 12.8 Å². The number of carbonyl (C=O) groups excluding carboxylic acids is 1. The minimum absolute atomic E-state index is 0.0891. The van der Waals surface area contributed by atoms with Gasteiger partial charge in [-0.25, -0.2) is 4.98 Å². The van der Waals surface area contributed by atoms with Crippen molar-refractivity contribution in [3.63, 3.8) is 0 Å². The van der Waals surface area contributed by atoms with Crippen molar-refractivity contribution < 1.29 is 4.79 Å². The first-order valence-corrected chi connectivity index (χ1v) is 11.9. The Kier molecular flexibility index (Phi) is 5.68. The molecule has 0 spiro atoms. The summed E-state index contributed by atoms with van der Waals surface area (Å²) in [5.41, 5.74) is 3.62. The topological polar surface area (TPSA) is 38.1 Å². The fourth-order valence-corrected chi connectivity index (χ4v) is 5.92. The van der Waals surface area contributed by atoms with E-state index in [-0.39, 0.29) is 5.78 Å². The Morgan fingerprint density at radius 2 is 1.94 bits per heavy atom. The van der Waals surface area contributed by atoms with Gasteiger partial charge in [-0.05, 0) is 58.0 Å². The van der Waals surface area contributed by atoms with E-state index >= 15 is 0 Å². The van der Waals surface area contributed by atoms with Crippen LogP contribution in [-0.4, -0.2) is 47.7 Å². The van der Waals surface area contributed by atoms with Crippen LogP contribution < -0.4 is 5.46 Å². The number of fused-ring (bicyclic) bond motifs is 2. The third-order valence-electron chi connectivity index (χ3n) is 6.43. The van der Waals surface area contributed by atoms with Crippen LogP contribution >= 0.6 is 11.3 Å². The molecule has 0 bridgehead atoms. The molecule has 2 aromatic heterocycles. The fourth-order valence-electron chi connectivity index (χ4n) is 4.78. The van der Waals surface area contributed by atoms with E-state index in [1.807, 2.05) is 35.7 Å².